The van der Waals surface area contributed by atoms with Gasteiger partial charge in [-0.05, 0) is 40.8 Å². The van der Waals surface area contributed by atoms with Crippen molar-refractivity contribution >= 4 is 34.2 Å². The number of carbonyl (C=O) groups excluding carboxylic acids is 1. The maximum absolute atomic E-state index is 12.0. The maximum Gasteiger partial charge on any atom is 0.471 e. The number of hydrogen-bond acceptors (Lipinski definition) is 2. The molecule has 1 aromatic carbocycles. The molecule has 16 heavy (non-hydrogen) atoms. The van der Waals surface area contributed by atoms with Crippen molar-refractivity contribution in [3.63, 3.8) is 0 Å². The van der Waals surface area contributed by atoms with E-state index in [0.717, 1.165) is 0 Å². The van der Waals surface area contributed by atoms with E-state index in [4.69, 9.17) is 5.26 Å². The van der Waals surface area contributed by atoms with Crippen LogP contribution in [0.3, 0.4) is 0 Å². The van der Waals surface area contributed by atoms with Crippen molar-refractivity contribution in [3.05, 3.63) is 27.3 Å². The number of nitrogens with one attached hydrogen (secondary N) is 1. The van der Waals surface area contributed by atoms with E-state index in [-0.39, 0.29) is 11.3 Å². The van der Waals surface area contributed by atoms with Crippen LogP contribution in [0.2, 0.25) is 0 Å². The fourth-order valence-corrected chi connectivity index (χ4v) is 1.35. The molecule has 1 rings (SSSR count). The molecule has 0 radical (unpaired) electrons. The molecule has 0 heterocycles. The average molecular weight is 340 g/mol. The van der Waals surface area contributed by atoms with Crippen LogP contribution < -0.4 is 5.32 Å². The Kier molecular flexibility index (Phi) is 3.74. The predicted molar refractivity (Wildman–Crippen MR) is 58.6 cm³/mol. The highest BCUT2D eigenvalue weighted by atomic mass is 127. The van der Waals surface area contributed by atoms with Gasteiger partial charge in [0.25, 0.3) is 0 Å². The van der Waals surface area contributed by atoms with Crippen molar-refractivity contribution in [1.82, 2.24) is 0 Å². The molecule has 1 aromatic rings. The predicted octanol–water partition coefficient (Wildman–Crippen LogP) is 2.66. The van der Waals surface area contributed by atoms with Gasteiger partial charge >= 0.3 is 12.1 Å². The van der Waals surface area contributed by atoms with Crippen LogP contribution in [0.5, 0.6) is 0 Å². The van der Waals surface area contributed by atoms with Crippen LogP contribution in [0.4, 0.5) is 18.9 Å². The topological polar surface area (TPSA) is 52.9 Å². The summed E-state index contributed by atoms with van der Waals surface area (Å²) in [5, 5.41) is 10.3. The van der Waals surface area contributed by atoms with E-state index in [1.807, 2.05) is 0 Å². The molecule has 0 atom stereocenters. The van der Waals surface area contributed by atoms with Crippen molar-refractivity contribution in [2.24, 2.45) is 0 Å². The largest absolute Gasteiger partial charge is 0.471 e. The second-order valence-electron chi connectivity index (χ2n) is 2.76. The van der Waals surface area contributed by atoms with E-state index in [9.17, 15) is 18.0 Å². The minimum absolute atomic E-state index is 0.0259. The van der Waals surface area contributed by atoms with Crippen molar-refractivity contribution in [2.75, 3.05) is 5.32 Å². The van der Waals surface area contributed by atoms with Crippen LogP contribution in [-0.4, -0.2) is 12.1 Å². The molecule has 0 aliphatic carbocycles. The maximum atomic E-state index is 12.0. The number of amides is 1. The number of rotatable bonds is 1. The number of nitriles is 1. The van der Waals surface area contributed by atoms with Gasteiger partial charge in [-0.3, -0.25) is 4.79 Å². The van der Waals surface area contributed by atoms with E-state index in [2.05, 4.69) is 0 Å². The number of benzene rings is 1. The molecule has 0 aliphatic heterocycles. The summed E-state index contributed by atoms with van der Waals surface area (Å²) in [5.41, 5.74) is 0.153. The summed E-state index contributed by atoms with van der Waals surface area (Å²) >= 11 is 1.76. The summed E-state index contributed by atoms with van der Waals surface area (Å²) in [6.07, 6.45) is -4.94. The van der Waals surface area contributed by atoms with Gasteiger partial charge in [-0.15, -0.1) is 0 Å². The molecule has 0 unspecified atom stereocenters. The molecule has 0 aliphatic rings. The van der Waals surface area contributed by atoms with Gasteiger partial charge in [0.05, 0.1) is 17.3 Å². The van der Waals surface area contributed by atoms with Crippen molar-refractivity contribution < 1.29 is 18.0 Å². The van der Waals surface area contributed by atoms with E-state index < -0.39 is 12.1 Å². The van der Waals surface area contributed by atoms with Gasteiger partial charge < -0.3 is 5.32 Å². The third-order valence-electron chi connectivity index (χ3n) is 1.60. The standard InChI is InChI=1S/C9H4F3IN2O/c10-9(11,12)8(16)15-7-3-5(4-14)1-2-6(7)13/h1-3H,(H,15,16). The highest BCUT2D eigenvalue weighted by Crippen LogP contribution is 2.23. The number of halogens is 4. The quantitative estimate of drug-likeness (QED) is 0.800. The highest BCUT2D eigenvalue weighted by molar-refractivity contribution is 14.1. The summed E-state index contributed by atoms with van der Waals surface area (Å²) in [4.78, 5) is 10.7. The summed E-state index contributed by atoms with van der Waals surface area (Å²) < 4.78 is 36.3. The molecule has 0 bridgehead atoms. The normalized spacial score (nSPS) is 10.7. The van der Waals surface area contributed by atoms with Crippen molar-refractivity contribution in [3.8, 4) is 6.07 Å². The van der Waals surface area contributed by atoms with E-state index in [0.29, 0.717) is 3.57 Å². The smallest absolute Gasteiger partial charge is 0.317 e. The van der Waals surface area contributed by atoms with Crippen molar-refractivity contribution in [1.29, 1.82) is 5.26 Å². The lowest BCUT2D eigenvalue weighted by Gasteiger charge is -2.09. The lowest BCUT2D eigenvalue weighted by Crippen LogP contribution is -2.30. The van der Waals surface area contributed by atoms with Gasteiger partial charge in [-0.2, -0.15) is 18.4 Å². The molecule has 1 N–H and O–H groups in total. The minimum atomic E-state index is -4.94. The van der Waals surface area contributed by atoms with E-state index in [1.54, 1.807) is 34.0 Å². The molecule has 0 aromatic heterocycles. The molecule has 7 heteroatoms. The van der Waals surface area contributed by atoms with E-state index in [1.165, 1.54) is 18.2 Å². The summed E-state index contributed by atoms with van der Waals surface area (Å²) in [6.45, 7) is 0. The monoisotopic (exact) mass is 340 g/mol. The zero-order valence-corrected chi connectivity index (χ0v) is 9.76. The Morgan fingerprint density at radius 3 is 2.56 bits per heavy atom. The van der Waals surface area contributed by atoms with Crippen LogP contribution in [0, 0.1) is 14.9 Å². The Morgan fingerprint density at radius 1 is 1.44 bits per heavy atom. The van der Waals surface area contributed by atoms with Gasteiger partial charge in [0.1, 0.15) is 0 Å². The zero-order chi connectivity index (χ0) is 12.3. The fraction of sp³-hybridized carbons (Fsp3) is 0.111. The Bertz CT molecular complexity index is 465. The highest BCUT2D eigenvalue weighted by Gasteiger charge is 2.38. The van der Waals surface area contributed by atoms with Gasteiger partial charge in [-0.25, -0.2) is 0 Å². The minimum Gasteiger partial charge on any atom is -0.317 e. The molecular weight excluding hydrogens is 336 g/mol. The number of nitrogens with zero attached hydrogens (tertiary/aromatic N) is 1. The molecule has 0 saturated heterocycles. The third-order valence-corrected chi connectivity index (χ3v) is 2.54. The van der Waals surface area contributed by atoms with Crippen LogP contribution in [0.25, 0.3) is 0 Å². The van der Waals surface area contributed by atoms with Crippen LogP contribution in [0.15, 0.2) is 18.2 Å². The zero-order valence-electron chi connectivity index (χ0n) is 7.60. The Balaban J connectivity index is 2.98. The first-order chi connectivity index (χ1) is 7.34. The van der Waals surface area contributed by atoms with Crippen molar-refractivity contribution in [2.45, 2.75) is 6.18 Å². The summed E-state index contributed by atoms with van der Waals surface area (Å²) in [7, 11) is 0. The first-order valence-corrected chi connectivity index (χ1v) is 5.00. The number of anilines is 1. The van der Waals surface area contributed by atoms with Gasteiger partial charge in [0.15, 0.2) is 0 Å². The number of carbonyl (C=O) groups is 1. The van der Waals surface area contributed by atoms with Crippen LogP contribution in [0.1, 0.15) is 5.56 Å². The molecule has 84 valence electrons. The molecular formula is C9H4F3IN2O. The summed E-state index contributed by atoms with van der Waals surface area (Å²) in [5.74, 6) is -2.06. The fourth-order valence-electron chi connectivity index (χ4n) is 0.884. The molecule has 0 saturated carbocycles. The second-order valence-corrected chi connectivity index (χ2v) is 3.92. The first-order valence-electron chi connectivity index (χ1n) is 3.92. The number of alkyl halides is 3. The van der Waals surface area contributed by atoms with Gasteiger partial charge in [0, 0.05) is 3.57 Å². The molecule has 3 nitrogen and oxygen atoms in total. The first kappa shape index (κ1) is 12.8. The summed E-state index contributed by atoms with van der Waals surface area (Å²) in [6, 6.07) is 5.86. The molecule has 0 spiro atoms. The lowest BCUT2D eigenvalue weighted by atomic mass is 10.2. The van der Waals surface area contributed by atoms with E-state index >= 15 is 0 Å². The van der Waals surface area contributed by atoms with Crippen LogP contribution in [-0.2, 0) is 4.79 Å². The van der Waals surface area contributed by atoms with Gasteiger partial charge in [-0.1, -0.05) is 0 Å². The average Bonchev–Trinajstić information content (AvgIpc) is 2.19. The molecule has 0 fully saturated rings. The second kappa shape index (κ2) is 4.69. The van der Waals surface area contributed by atoms with Crippen LogP contribution >= 0.6 is 22.6 Å². The lowest BCUT2D eigenvalue weighted by molar-refractivity contribution is -0.167. The Morgan fingerprint density at radius 2 is 2.06 bits per heavy atom. The third kappa shape index (κ3) is 3.10. The SMILES string of the molecule is N#Cc1ccc(I)c(NC(=O)C(F)(F)F)c1. The number of hydrogen-bond donors (Lipinski definition) is 1. The Labute approximate surface area is 102 Å². The molecule has 1 amide bonds. The Hall–Kier alpha value is -1.30. The van der Waals surface area contributed by atoms with Gasteiger partial charge in [0.2, 0.25) is 0 Å².